The van der Waals surface area contributed by atoms with Crippen LogP contribution in [0.3, 0.4) is 0 Å². The molecule has 0 saturated heterocycles. The Morgan fingerprint density at radius 2 is 1.96 bits per heavy atom. The van der Waals surface area contributed by atoms with Gasteiger partial charge in [-0.25, -0.2) is 5.43 Å². The van der Waals surface area contributed by atoms with Crippen molar-refractivity contribution in [2.24, 2.45) is 5.10 Å². The van der Waals surface area contributed by atoms with Crippen molar-refractivity contribution in [1.29, 1.82) is 0 Å². The molecular weight excluding hydrogens is 364 g/mol. The first-order valence-electron chi connectivity index (χ1n) is 8.47. The van der Waals surface area contributed by atoms with Gasteiger partial charge in [0.2, 0.25) is 5.82 Å². The fourth-order valence-corrected chi connectivity index (χ4v) is 2.59. The van der Waals surface area contributed by atoms with Crippen LogP contribution in [-0.2, 0) is 11.3 Å². The van der Waals surface area contributed by atoms with Gasteiger partial charge in [0.05, 0.1) is 11.2 Å². The Labute approximate surface area is 162 Å². The zero-order valence-electron chi connectivity index (χ0n) is 15.0. The summed E-state index contributed by atoms with van der Waals surface area (Å²) in [6.07, 6.45) is 1.59. The first-order valence-corrected chi connectivity index (χ1v) is 8.85. The number of hydrazone groups is 1. The molecule has 0 aliphatic heterocycles. The maximum absolute atomic E-state index is 12.0. The van der Waals surface area contributed by atoms with Gasteiger partial charge in [0, 0.05) is 5.56 Å². The van der Waals surface area contributed by atoms with E-state index in [1.165, 1.54) is 10.4 Å². The number of hydrogen-bond donors (Lipinski definition) is 1. The highest BCUT2D eigenvalue weighted by molar-refractivity contribution is 6.33. The number of hydrogen-bond acceptors (Lipinski definition) is 5. The van der Waals surface area contributed by atoms with E-state index in [9.17, 15) is 4.79 Å². The molecule has 1 aromatic heterocycles. The maximum Gasteiger partial charge on any atom is 0.263 e. The van der Waals surface area contributed by atoms with Crippen molar-refractivity contribution in [2.45, 2.75) is 26.3 Å². The predicted molar refractivity (Wildman–Crippen MR) is 105 cm³/mol. The van der Waals surface area contributed by atoms with Crippen LogP contribution in [0.2, 0.25) is 5.02 Å². The second-order valence-electron chi connectivity index (χ2n) is 6.24. The smallest absolute Gasteiger partial charge is 0.263 e. The van der Waals surface area contributed by atoms with Gasteiger partial charge in [-0.05, 0) is 34.4 Å². The summed E-state index contributed by atoms with van der Waals surface area (Å²) in [5, 5.41) is 16.4. The quantitative estimate of drug-likeness (QED) is 0.523. The lowest BCUT2D eigenvalue weighted by Crippen LogP contribution is -2.24. The first kappa shape index (κ1) is 18.7. The highest BCUT2D eigenvalue weighted by atomic mass is 35.5. The van der Waals surface area contributed by atoms with E-state index in [4.69, 9.17) is 11.6 Å². The second-order valence-corrected chi connectivity index (χ2v) is 6.65. The highest BCUT2D eigenvalue weighted by Crippen LogP contribution is 2.23. The summed E-state index contributed by atoms with van der Waals surface area (Å²) in [6, 6.07) is 15.2. The minimum Gasteiger partial charge on any atom is -0.271 e. The molecule has 0 aliphatic carbocycles. The Morgan fingerprint density at radius 3 is 2.67 bits per heavy atom. The van der Waals surface area contributed by atoms with Gasteiger partial charge in [-0.15, -0.1) is 10.2 Å². The lowest BCUT2D eigenvalue weighted by atomic mass is 10.0. The van der Waals surface area contributed by atoms with Gasteiger partial charge >= 0.3 is 0 Å². The zero-order chi connectivity index (χ0) is 19.2. The molecule has 1 heterocycles. The van der Waals surface area contributed by atoms with E-state index in [2.05, 4.69) is 39.8 Å². The Bertz CT molecular complexity index is 949. The topological polar surface area (TPSA) is 85.1 Å². The van der Waals surface area contributed by atoms with E-state index >= 15 is 0 Å². The van der Waals surface area contributed by atoms with Crippen LogP contribution in [0.25, 0.3) is 11.4 Å². The molecule has 0 saturated carbocycles. The van der Waals surface area contributed by atoms with Crippen LogP contribution < -0.4 is 5.43 Å². The summed E-state index contributed by atoms with van der Waals surface area (Å²) < 4.78 is 0. The number of nitrogens with zero attached hydrogens (tertiary/aromatic N) is 5. The molecule has 0 radical (unpaired) electrons. The minimum absolute atomic E-state index is 0.0962. The monoisotopic (exact) mass is 382 g/mol. The highest BCUT2D eigenvalue weighted by Gasteiger charge is 2.11. The third-order valence-electron chi connectivity index (χ3n) is 3.86. The van der Waals surface area contributed by atoms with Crippen LogP contribution >= 0.6 is 11.6 Å². The van der Waals surface area contributed by atoms with E-state index in [-0.39, 0.29) is 12.5 Å². The van der Waals surface area contributed by atoms with Crippen LogP contribution in [0.15, 0.2) is 53.6 Å². The summed E-state index contributed by atoms with van der Waals surface area (Å²) in [7, 11) is 0. The molecule has 8 heteroatoms. The Kier molecular flexibility index (Phi) is 5.93. The number of rotatable bonds is 6. The number of benzene rings is 2. The van der Waals surface area contributed by atoms with Gasteiger partial charge in [-0.3, -0.25) is 4.79 Å². The maximum atomic E-state index is 12.0. The van der Waals surface area contributed by atoms with Crippen LogP contribution in [0, 0.1) is 0 Å². The number of aromatic nitrogens is 4. The molecular formula is C19H19ClN6O. The largest absolute Gasteiger partial charge is 0.271 e. The number of amides is 1. The molecule has 0 bridgehead atoms. The summed E-state index contributed by atoms with van der Waals surface area (Å²) in [6.45, 7) is 4.18. The molecule has 0 fully saturated rings. The van der Waals surface area contributed by atoms with Gasteiger partial charge in [0.15, 0.2) is 0 Å². The first-order chi connectivity index (χ1) is 13.0. The molecule has 0 aliphatic rings. The van der Waals surface area contributed by atoms with Gasteiger partial charge in [0.1, 0.15) is 6.54 Å². The van der Waals surface area contributed by atoms with Crippen LogP contribution in [0.1, 0.15) is 30.9 Å². The lowest BCUT2D eigenvalue weighted by Gasteiger charge is -2.04. The van der Waals surface area contributed by atoms with E-state index in [1.54, 1.807) is 18.3 Å². The van der Waals surface area contributed by atoms with Crippen LogP contribution in [-0.4, -0.2) is 32.3 Å². The number of carbonyl (C=O) groups is 1. The Balaban J connectivity index is 1.56. The molecule has 3 rings (SSSR count). The SMILES string of the molecule is CC(C)c1ccc(/C=N\NC(=O)Cn2nnc(-c3ccccc3Cl)n2)cc1. The van der Waals surface area contributed by atoms with Crippen LogP contribution in [0.5, 0.6) is 0 Å². The number of nitrogens with one attached hydrogen (secondary N) is 1. The number of carbonyl (C=O) groups excluding carboxylic acids is 1. The van der Waals surface area contributed by atoms with Crippen molar-refractivity contribution in [3.05, 3.63) is 64.7 Å². The average molecular weight is 383 g/mol. The lowest BCUT2D eigenvalue weighted by molar-refractivity contribution is -0.122. The normalized spacial score (nSPS) is 11.3. The van der Waals surface area contributed by atoms with Crippen LogP contribution in [0.4, 0.5) is 0 Å². The third kappa shape index (κ3) is 4.98. The molecule has 3 aromatic rings. The Hall–Kier alpha value is -3.06. The van der Waals surface area contributed by atoms with Gasteiger partial charge in [-0.1, -0.05) is 61.8 Å². The summed E-state index contributed by atoms with van der Waals surface area (Å²) in [5.74, 6) is 0.483. The predicted octanol–water partition coefficient (Wildman–Crippen LogP) is 3.27. The molecule has 1 amide bonds. The molecule has 0 spiro atoms. The zero-order valence-corrected chi connectivity index (χ0v) is 15.8. The average Bonchev–Trinajstić information content (AvgIpc) is 3.10. The van der Waals surface area contributed by atoms with Crippen molar-refractivity contribution < 1.29 is 4.79 Å². The number of tetrazole rings is 1. The minimum atomic E-state index is -0.354. The van der Waals surface area contributed by atoms with Crippen molar-refractivity contribution in [2.75, 3.05) is 0 Å². The molecule has 138 valence electrons. The van der Waals surface area contributed by atoms with E-state index in [1.807, 2.05) is 36.4 Å². The molecule has 7 nitrogen and oxygen atoms in total. The van der Waals surface area contributed by atoms with Crippen molar-refractivity contribution in [3.63, 3.8) is 0 Å². The van der Waals surface area contributed by atoms with Gasteiger partial charge < -0.3 is 0 Å². The summed E-state index contributed by atoms with van der Waals surface area (Å²) in [5.41, 5.74) is 5.27. The van der Waals surface area contributed by atoms with E-state index < -0.39 is 0 Å². The molecule has 0 unspecified atom stereocenters. The van der Waals surface area contributed by atoms with E-state index in [0.717, 1.165) is 5.56 Å². The van der Waals surface area contributed by atoms with Crippen molar-refractivity contribution in [1.82, 2.24) is 25.6 Å². The summed E-state index contributed by atoms with van der Waals surface area (Å²) in [4.78, 5) is 13.2. The van der Waals surface area contributed by atoms with Crippen molar-refractivity contribution >= 4 is 23.7 Å². The fraction of sp³-hybridized carbons (Fsp3) is 0.211. The Morgan fingerprint density at radius 1 is 1.22 bits per heavy atom. The molecule has 1 N–H and O–H groups in total. The fourth-order valence-electron chi connectivity index (χ4n) is 2.37. The van der Waals surface area contributed by atoms with Gasteiger partial charge in [-0.2, -0.15) is 9.90 Å². The van der Waals surface area contributed by atoms with E-state index in [0.29, 0.717) is 22.3 Å². The summed E-state index contributed by atoms with van der Waals surface area (Å²) >= 11 is 6.11. The third-order valence-corrected chi connectivity index (χ3v) is 4.19. The standard InChI is InChI=1S/C19H19ClN6O/c1-13(2)15-9-7-14(8-10-15)11-21-22-18(27)12-26-24-19(23-25-26)16-5-3-4-6-17(16)20/h3-11,13H,12H2,1-2H3,(H,22,27)/b21-11-. The van der Waals surface area contributed by atoms with Crippen molar-refractivity contribution in [3.8, 4) is 11.4 Å². The number of halogens is 1. The molecule has 0 atom stereocenters. The van der Waals surface area contributed by atoms with Gasteiger partial charge in [0.25, 0.3) is 5.91 Å². The second kappa shape index (κ2) is 8.55. The molecule has 2 aromatic carbocycles. The molecule has 27 heavy (non-hydrogen) atoms.